The number of rotatable bonds is 6. The minimum Gasteiger partial charge on any atom is -0.373 e. The molecule has 0 aliphatic rings. The number of aromatic nitrogens is 5. The van der Waals surface area contributed by atoms with Gasteiger partial charge in [0.05, 0.1) is 23.0 Å². The van der Waals surface area contributed by atoms with Gasteiger partial charge in [-0.25, -0.2) is 24.3 Å². The summed E-state index contributed by atoms with van der Waals surface area (Å²) in [7, 11) is 0.236. The fourth-order valence-electron chi connectivity index (χ4n) is 2.65. The zero-order valence-electron chi connectivity index (χ0n) is 15.7. The molecular formula is C18H21N5O3S. The largest absolute Gasteiger partial charge is 0.373 e. The van der Waals surface area contributed by atoms with Crippen LogP contribution in [0.1, 0.15) is 19.5 Å². The van der Waals surface area contributed by atoms with Crippen molar-refractivity contribution in [2.24, 2.45) is 0 Å². The lowest BCUT2D eigenvalue weighted by Crippen LogP contribution is -2.24. The fraction of sp³-hybridized carbons (Fsp3) is 0.333. The molecule has 142 valence electrons. The number of hydrogen-bond acceptors (Lipinski definition) is 6. The predicted octanol–water partition coefficient (Wildman–Crippen LogP) is 1.78. The Labute approximate surface area is 159 Å². The second-order valence-corrected chi connectivity index (χ2v) is 7.70. The maximum atomic E-state index is 12.8. The van der Waals surface area contributed by atoms with E-state index in [-0.39, 0.29) is 17.3 Å². The van der Waals surface area contributed by atoms with Gasteiger partial charge in [-0.2, -0.15) is 0 Å². The van der Waals surface area contributed by atoms with Gasteiger partial charge < -0.3 is 4.74 Å². The summed E-state index contributed by atoms with van der Waals surface area (Å²) in [6.45, 7) is 7.80. The summed E-state index contributed by atoms with van der Waals surface area (Å²) in [5.41, 5.74) is 0.182. The van der Waals surface area contributed by atoms with Crippen molar-refractivity contribution >= 4 is 21.8 Å². The van der Waals surface area contributed by atoms with Crippen LogP contribution in [0.5, 0.6) is 0 Å². The van der Waals surface area contributed by atoms with E-state index in [4.69, 9.17) is 4.74 Å². The molecule has 0 fully saturated rings. The van der Waals surface area contributed by atoms with Crippen molar-refractivity contribution in [3.63, 3.8) is 0 Å². The first kappa shape index (κ1) is 19.1. The molecule has 0 spiro atoms. The van der Waals surface area contributed by atoms with Gasteiger partial charge in [0.15, 0.2) is 11.5 Å². The van der Waals surface area contributed by atoms with Gasteiger partial charge in [0.25, 0.3) is 5.56 Å². The smallest absolute Gasteiger partial charge is 0.278 e. The lowest BCUT2D eigenvalue weighted by Gasteiger charge is -2.23. The molecule has 0 aliphatic heterocycles. The van der Waals surface area contributed by atoms with Gasteiger partial charge in [0.1, 0.15) is 11.0 Å². The Morgan fingerprint density at radius 1 is 1.33 bits per heavy atom. The van der Waals surface area contributed by atoms with Crippen molar-refractivity contribution in [2.45, 2.75) is 31.1 Å². The average Bonchev–Trinajstić information content (AvgIpc) is 2.93. The van der Waals surface area contributed by atoms with Crippen LogP contribution in [0.2, 0.25) is 0 Å². The SMILES string of the molecule is C=CCn1c(=O)c2cnc(S(C)=O)nc2n1-c1cccc(C(C)(C)OC)n1. The summed E-state index contributed by atoms with van der Waals surface area (Å²) < 4.78 is 20.4. The van der Waals surface area contributed by atoms with E-state index in [1.165, 1.54) is 17.1 Å². The predicted molar refractivity (Wildman–Crippen MR) is 103 cm³/mol. The highest BCUT2D eigenvalue weighted by Crippen LogP contribution is 2.23. The zero-order valence-corrected chi connectivity index (χ0v) is 16.5. The lowest BCUT2D eigenvalue weighted by atomic mass is 10.0. The summed E-state index contributed by atoms with van der Waals surface area (Å²) in [5, 5.41) is 0.477. The van der Waals surface area contributed by atoms with Gasteiger partial charge in [0.2, 0.25) is 5.16 Å². The Balaban J connectivity index is 2.35. The first-order chi connectivity index (χ1) is 12.8. The van der Waals surface area contributed by atoms with Gasteiger partial charge in [-0.15, -0.1) is 6.58 Å². The standard InChI is InChI=1S/C18H21N5O3S/c1-6-10-22-16(24)12-11-19-17(27(5)25)21-15(12)23(22)14-9-7-8-13(20-14)18(2,3)26-4/h6-9,11H,1,10H2,2-5H3. The van der Waals surface area contributed by atoms with Crippen molar-refractivity contribution in [3.8, 4) is 5.82 Å². The molecule has 1 unspecified atom stereocenters. The van der Waals surface area contributed by atoms with Crippen molar-refractivity contribution < 1.29 is 8.95 Å². The van der Waals surface area contributed by atoms with Crippen molar-refractivity contribution in [1.29, 1.82) is 0 Å². The van der Waals surface area contributed by atoms with Crippen LogP contribution in [0, 0.1) is 0 Å². The number of fused-ring (bicyclic) bond motifs is 1. The molecule has 0 radical (unpaired) electrons. The minimum atomic E-state index is -1.38. The maximum absolute atomic E-state index is 12.8. The van der Waals surface area contributed by atoms with E-state index >= 15 is 0 Å². The van der Waals surface area contributed by atoms with Crippen LogP contribution in [0.4, 0.5) is 0 Å². The lowest BCUT2D eigenvalue weighted by molar-refractivity contribution is 0.0154. The highest BCUT2D eigenvalue weighted by atomic mass is 32.2. The third kappa shape index (κ3) is 3.35. The van der Waals surface area contributed by atoms with E-state index in [0.29, 0.717) is 22.5 Å². The Morgan fingerprint density at radius 3 is 2.70 bits per heavy atom. The van der Waals surface area contributed by atoms with Crippen molar-refractivity contribution in [2.75, 3.05) is 13.4 Å². The van der Waals surface area contributed by atoms with E-state index in [1.807, 2.05) is 26.0 Å². The Bertz CT molecular complexity index is 1100. The van der Waals surface area contributed by atoms with Gasteiger partial charge in [-0.1, -0.05) is 12.1 Å². The molecule has 0 saturated carbocycles. The molecule has 3 aromatic heterocycles. The highest BCUT2D eigenvalue weighted by molar-refractivity contribution is 7.84. The molecule has 0 saturated heterocycles. The molecule has 0 aliphatic carbocycles. The average molecular weight is 387 g/mol. The van der Waals surface area contributed by atoms with Crippen LogP contribution in [-0.4, -0.2) is 41.9 Å². The normalized spacial score (nSPS) is 13.0. The summed E-state index contributed by atoms with van der Waals surface area (Å²) >= 11 is 0. The molecule has 27 heavy (non-hydrogen) atoms. The summed E-state index contributed by atoms with van der Waals surface area (Å²) in [6.07, 6.45) is 4.51. The van der Waals surface area contributed by atoms with Gasteiger partial charge in [0, 0.05) is 19.6 Å². The van der Waals surface area contributed by atoms with Gasteiger partial charge in [-0.05, 0) is 26.0 Å². The van der Waals surface area contributed by atoms with Crippen molar-refractivity contribution in [3.05, 3.63) is 53.1 Å². The molecule has 3 heterocycles. The quantitative estimate of drug-likeness (QED) is 0.473. The zero-order chi connectivity index (χ0) is 19.8. The third-order valence-corrected chi connectivity index (χ3v) is 5.00. The summed E-state index contributed by atoms with van der Waals surface area (Å²) in [4.78, 5) is 25.9. The highest BCUT2D eigenvalue weighted by Gasteiger charge is 2.23. The van der Waals surface area contributed by atoms with Gasteiger partial charge >= 0.3 is 0 Å². The summed E-state index contributed by atoms with van der Waals surface area (Å²) in [5.74, 6) is 0.498. The van der Waals surface area contributed by atoms with E-state index in [2.05, 4.69) is 21.5 Å². The Kier molecular flexibility index (Phi) is 5.07. The van der Waals surface area contributed by atoms with E-state index in [9.17, 15) is 9.00 Å². The molecular weight excluding hydrogens is 366 g/mol. The molecule has 8 nitrogen and oxygen atoms in total. The number of pyridine rings is 1. The monoisotopic (exact) mass is 387 g/mol. The Morgan fingerprint density at radius 2 is 2.07 bits per heavy atom. The van der Waals surface area contributed by atoms with Crippen molar-refractivity contribution in [1.82, 2.24) is 24.3 Å². The van der Waals surface area contributed by atoms with E-state index in [0.717, 1.165) is 0 Å². The molecule has 0 N–H and O–H groups in total. The first-order valence-corrected chi connectivity index (χ1v) is 9.82. The number of methoxy groups -OCH3 is 1. The van der Waals surface area contributed by atoms with Crippen LogP contribution >= 0.6 is 0 Å². The maximum Gasteiger partial charge on any atom is 0.278 e. The van der Waals surface area contributed by atoms with Crippen LogP contribution in [0.15, 0.2) is 47.0 Å². The minimum absolute atomic E-state index is 0.153. The van der Waals surface area contributed by atoms with E-state index < -0.39 is 16.4 Å². The van der Waals surface area contributed by atoms with Crippen LogP contribution < -0.4 is 5.56 Å². The molecule has 3 aromatic rings. The van der Waals surface area contributed by atoms with Gasteiger partial charge in [-0.3, -0.25) is 9.00 Å². The molecule has 0 amide bonds. The topological polar surface area (TPSA) is 91.9 Å². The number of nitrogens with zero attached hydrogens (tertiary/aromatic N) is 5. The molecule has 0 bridgehead atoms. The molecule has 1 atom stereocenters. The Hall–Kier alpha value is -2.65. The first-order valence-electron chi connectivity index (χ1n) is 8.26. The third-order valence-electron chi connectivity index (χ3n) is 4.29. The molecule has 9 heteroatoms. The summed E-state index contributed by atoms with van der Waals surface area (Å²) in [6, 6.07) is 5.47. The van der Waals surface area contributed by atoms with Crippen LogP contribution in [-0.2, 0) is 27.7 Å². The second-order valence-electron chi connectivity index (χ2n) is 6.43. The van der Waals surface area contributed by atoms with E-state index in [1.54, 1.807) is 23.9 Å². The number of allylic oxidation sites excluding steroid dienone is 1. The number of hydrogen-bond donors (Lipinski definition) is 0. The molecule has 3 rings (SSSR count). The fourth-order valence-corrected chi connectivity index (χ4v) is 3.07. The van der Waals surface area contributed by atoms with Crippen LogP contribution in [0.3, 0.4) is 0 Å². The van der Waals surface area contributed by atoms with Crippen LogP contribution in [0.25, 0.3) is 16.9 Å². The number of ether oxygens (including phenoxy) is 1. The molecule has 0 aromatic carbocycles. The second kappa shape index (κ2) is 7.16.